The molecule has 414 valence electrons. The lowest BCUT2D eigenvalue weighted by Crippen LogP contribution is -2.57. The maximum atomic E-state index is 13.5. The van der Waals surface area contributed by atoms with Gasteiger partial charge in [0.15, 0.2) is 5.78 Å². The van der Waals surface area contributed by atoms with Crippen LogP contribution in [0.4, 0.5) is 4.79 Å². The van der Waals surface area contributed by atoms with Crippen LogP contribution in [0.25, 0.3) is 10.4 Å². The van der Waals surface area contributed by atoms with Gasteiger partial charge in [0.2, 0.25) is 35.4 Å². The van der Waals surface area contributed by atoms with E-state index in [1.54, 1.807) is 27.7 Å². The van der Waals surface area contributed by atoms with Crippen LogP contribution in [0, 0.1) is 11.8 Å². The number of ether oxygens (including phenoxy) is 6. The molecule has 11 N–H and O–H groups in total. The van der Waals surface area contributed by atoms with Gasteiger partial charge in [-0.15, -0.1) is 0 Å². The van der Waals surface area contributed by atoms with E-state index in [1.807, 2.05) is 0 Å². The summed E-state index contributed by atoms with van der Waals surface area (Å²) in [5.74, 6) is -3.21. The second-order valence-corrected chi connectivity index (χ2v) is 17.2. The predicted octanol–water partition coefficient (Wildman–Crippen LogP) is -0.00310. The van der Waals surface area contributed by atoms with Crippen molar-refractivity contribution in [3.05, 3.63) is 10.4 Å². The summed E-state index contributed by atoms with van der Waals surface area (Å²) in [7, 11) is 0. The van der Waals surface area contributed by atoms with Gasteiger partial charge >= 0.3 is 6.03 Å². The minimum Gasteiger partial charge on any atom is -0.379 e. The molecular weight excluding hydrogens is 945 g/mol. The molecule has 0 aromatic heterocycles. The van der Waals surface area contributed by atoms with Crippen LogP contribution in [0.15, 0.2) is 5.11 Å². The maximum absolute atomic E-state index is 13.5. The van der Waals surface area contributed by atoms with Crippen molar-refractivity contribution in [1.29, 1.82) is 0 Å². The van der Waals surface area contributed by atoms with Crippen molar-refractivity contribution >= 4 is 47.3 Å². The van der Waals surface area contributed by atoms with Gasteiger partial charge in [-0.05, 0) is 62.9 Å². The van der Waals surface area contributed by atoms with Crippen molar-refractivity contribution in [2.24, 2.45) is 28.4 Å². The number of primary amides is 1. The fraction of sp³-hybridized carbons (Fsp3) is 0.826. The highest BCUT2D eigenvalue weighted by Gasteiger charge is 2.32. The first kappa shape index (κ1) is 66.8. The molecule has 26 heteroatoms. The molecule has 0 aromatic rings. The number of unbranched alkanes of at least 4 members (excludes halogenated alkanes) is 2. The zero-order chi connectivity index (χ0) is 53.8. The normalized spacial score (nSPS) is 12.7. The molecule has 0 bridgehead atoms. The summed E-state index contributed by atoms with van der Waals surface area (Å²) in [4.78, 5) is 102. The number of nitrogens with two attached hydrogens (primary N) is 2. The number of nitrogens with zero attached hydrogens (tertiary/aromatic N) is 3. The van der Waals surface area contributed by atoms with E-state index < -0.39 is 47.9 Å². The average Bonchev–Trinajstić information content (AvgIpc) is 3.33. The van der Waals surface area contributed by atoms with E-state index in [0.29, 0.717) is 104 Å². The Kier molecular flexibility index (Phi) is 41.3. The smallest absolute Gasteiger partial charge is 0.312 e. The van der Waals surface area contributed by atoms with Gasteiger partial charge in [-0.1, -0.05) is 39.2 Å². The highest BCUT2D eigenvalue weighted by Crippen LogP contribution is 2.11. The van der Waals surface area contributed by atoms with Gasteiger partial charge in [0.1, 0.15) is 18.1 Å². The first-order chi connectivity index (χ1) is 34.5. The van der Waals surface area contributed by atoms with Crippen LogP contribution in [-0.2, 0) is 62.0 Å². The molecule has 4 unspecified atom stereocenters. The molecule has 4 atom stereocenters. The number of amides is 8. The monoisotopic (exact) mass is 1030 g/mol. The van der Waals surface area contributed by atoms with Gasteiger partial charge in [0.05, 0.1) is 85.3 Å². The maximum Gasteiger partial charge on any atom is 0.312 e. The zero-order valence-electron chi connectivity index (χ0n) is 43.3. The van der Waals surface area contributed by atoms with E-state index in [1.165, 1.54) is 6.92 Å². The highest BCUT2D eigenvalue weighted by atomic mass is 16.5. The van der Waals surface area contributed by atoms with Gasteiger partial charge in [0, 0.05) is 56.8 Å². The van der Waals surface area contributed by atoms with Crippen molar-refractivity contribution in [2.45, 2.75) is 123 Å². The summed E-state index contributed by atoms with van der Waals surface area (Å²) in [6, 6.07) is -4.13. The average molecular weight is 1030 g/mol. The minimum atomic E-state index is -0.994. The summed E-state index contributed by atoms with van der Waals surface area (Å²) in [6.07, 6.45) is 3.94. The van der Waals surface area contributed by atoms with Crippen LogP contribution < -0.4 is 48.7 Å². The standard InChI is InChI=1S/C46H86N12O14/c1-33(2)41(45(65)56-36(42(62)34(3)4)13-10-17-52-46(48)66)57-44(64)38(11-6-8-16-47)55-40(61)15-22-68-26-30-72-31-27-69-23-19-50-39(60)14-21-67-25-29-71-32-28-70-24-20-51-43(63)37(54-35(5)59)12-7-9-18-53-58-49/h33-34,36-38,41H,6-32,47H2,1-5H3,(H,50,60)(H,51,63)(H,54,59)(H,55,61)(H,56,65)(H,57,64)(H3,48,52,66). The molecule has 0 rings (SSSR count). The zero-order valence-corrected chi connectivity index (χ0v) is 43.3. The molecule has 0 aromatic carbocycles. The molecule has 72 heavy (non-hydrogen) atoms. The van der Waals surface area contributed by atoms with E-state index in [4.69, 9.17) is 45.4 Å². The second kappa shape index (κ2) is 44.5. The van der Waals surface area contributed by atoms with E-state index in [2.05, 4.69) is 47.2 Å². The van der Waals surface area contributed by atoms with Gasteiger partial charge in [-0.2, -0.15) is 0 Å². The van der Waals surface area contributed by atoms with E-state index >= 15 is 0 Å². The summed E-state index contributed by atoms with van der Waals surface area (Å²) in [6.45, 7) is 13.0. The first-order valence-corrected chi connectivity index (χ1v) is 25.0. The lowest BCUT2D eigenvalue weighted by molar-refractivity contribution is -0.135. The molecule has 0 aliphatic rings. The van der Waals surface area contributed by atoms with Crippen LogP contribution >= 0.6 is 0 Å². The van der Waals surface area contributed by atoms with Crippen molar-refractivity contribution in [1.82, 2.24) is 37.2 Å². The number of azide groups is 1. The van der Waals surface area contributed by atoms with Gasteiger partial charge in [0.25, 0.3) is 0 Å². The summed E-state index contributed by atoms with van der Waals surface area (Å²) in [5, 5.41) is 22.3. The SMILES string of the molecule is CC(=O)NC(CCCCN=[N+]=[N-])C(=O)NCCOCCOCCOCCC(=O)NCCOCCOCCOCCC(=O)NC(CCCCN)C(=O)NC(C(=O)NC(CCCNC(N)=O)C(=O)C(C)C)C(C)C. The number of rotatable bonds is 47. The molecule has 0 saturated heterocycles. The summed E-state index contributed by atoms with van der Waals surface area (Å²) < 4.78 is 32.9. The molecule has 0 aliphatic heterocycles. The topological polar surface area (TPSA) is 377 Å². The van der Waals surface area contributed by atoms with Crippen LogP contribution in [0.2, 0.25) is 0 Å². The number of nitrogens with one attached hydrogen (secondary N) is 7. The minimum absolute atomic E-state index is 0.0205. The molecule has 0 heterocycles. The van der Waals surface area contributed by atoms with Crippen LogP contribution in [0.1, 0.15) is 98.8 Å². The predicted molar refractivity (Wildman–Crippen MR) is 266 cm³/mol. The molecule has 0 saturated carbocycles. The van der Waals surface area contributed by atoms with Gasteiger partial charge in [-0.3, -0.25) is 33.6 Å². The number of ketones is 1. The Morgan fingerprint density at radius 2 is 1.03 bits per heavy atom. The van der Waals surface area contributed by atoms with Gasteiger partial charge < -0.3 is 77.1 Å². The van der Waals surface area contributed by atoms with Crippen LogP contribution in [-0.4, -0.2) is 183 Å². The molecule has 0 fully saturated rings. The Bertz CT molecular complexity index is 1610. The van der Waals surface area contributed by atoms with Crippen LogP contribution in [0.3, 0.4) is 0 Å². The molecule has 26 nitrogen and oxygen atoms in total. The third-order valence-electron chi connectivity index (χ3n) is 10.4. The molecular formula is C46H86N12O14. The Labute approximate surface area is 424 Å². The lowest BCUT2D eigenvalue weighted by Gasteiger charge is -2.28. The highest BCUT2D eigenvalue weighted by molar-refractivity contribution is 5.95. The van der Waals surface area contributed by atoms with E-state index in [9.17, 15) is 38.4 Å². The molecule has 0 spiro atoms. The molecule has 0 aliphatic carbocycles. The Morgan fingerprint density at radius 3 is 1.54 bits per heavy atom. The second-order valence-electron chi connectivity index (χ2n) is 17.2. The molecule has 0 radical (unpaired) electrons. The van der Waals surface area contributed by atoms with Crippen LogP contribution in [0.5, 0.6) is 0 Å². The number of carbonyl (C=O) groups is 8. The van der Waals surface area contributed by atoms with Crippen molar-refractivity contribution in [3.63, 3.8) is 0 Å². The van der Waals surface area contributed by atoms with Crippen molar-refractivity contribution in [2.75, 3.05) is 112 Å². The van der Waals surface area contributed by atoms with Gasteiger partial charge in [-0.25, -0.2) is 4.79 Å². The van der Waals surface area contributed by atoms with E-state index in [-0.39, 0.29) is 107 Å². The third-order valence-corrected chi connectivity index (χ3v) is 10.4. The number of hydrogen-bond donors (Lipinski definition) is 9. The fourth-order valence-corrected chi connectivity index (χ4v) is 6.51. The quantitative estimate of drug-likeness (QED) is 0.0168. The van der Waals surface area contributed by atoms with Crippen molar-refractivity contribution in [3.8, 4) is 0 Å². The number of hydrogen-bond acceptors (Lipinski definition) is 16. The Hall–Kier alpha value is -5.21. The molecule has 8 amide bonds. The lowest BCUT2D eigenvalue weighted by atomic mass is 9.96. The summed E-state index contributed by atoms with van der Waals surface area (Å²) in [5.41, 5.74) is 19.1. The fourth-order valence-electron chi connectivity index (χ4n) is 6.51. The Morgan fingerprint density at radius 1 is 0.528 bits per heavy atom. The van der Waals surface area contributed by atoms with Crippen molar-refractivity contribution < 1.29 is 66.8 Å². The number of Topliss-reactive ketones (excluding diaryl/α,β-unsaturated/α-hetero) is 1. The largest absolute Gasteiger partial charge is 0.379 e. The number of urea groups is 1. The number of carbonyl (C=O) groups excluding carboxylic acids is 8. The first-order valence-electron chi connectivity index (χ1n) is 25.0. The third kappa shape index (κ3) is 37.6. The Balaban J connectivity index is 4.20. The van der Waals surface area contributed by atoms with E-state index in [0.717, 1.165) is 0 Å². The summed E-state index contributed by atoms with van der Waals surface area (Å²) >= 11 is 0.